The van der Waals surface area contributed by atoms with Crippen molar-refractivity contribution in [3.63, 3.8) is 0 Å². The van der Waals surface area contributed by atoms with Crippen molar-refractivity contribution in [1.82, 2.24) is 0 Å². The topological polar surface area (TPSA) is 55.2 Å². The number of rotatable bonds is 5. The average Bonchev–Trinajstić information content (AvgIpc) is 2.29. The average molecular weight is 287 g/mol. The molecule has 0 spiro atoms. The lowest BCUT2D eigenvalue weighted by molar-refractivity contribution is -0.383. The lowest BCUT2D eigenvalue weighted by Crippen LogP contribution is -2.40. The van der Waals surface area contributed by atoms with Gasteiger partial charge in [-0.2, -0.15) is 11.8 Å². The van der Waals surface area contributed by atoms with Crippen LogP contribution in [0.4, 0.5) is 11.4 Å². The SMILES string of the molecule is CSC1(CNc2c(Cl)cccc2[N+](=O)[O-])CCC1. The Morgan fingerprint density at radius 3 is 2.78 bits per heavy atom. The summed E-state index contributed by atoms with van der Waals surface area (Å²) in [6.07, 6.45) is 5.62. The van der Waals surface area contributed by atoms with Crippen LogP contribution < -0.4 is 5.32 Å². The van der Waals surface area contributed by atoms with Crippen LogP contribution in [0.2, 0.25) is 5.02 Å². The third-order valence-electron chi connectivity index (χ3n) is 3.47. The minimum absolute atomic E-state index is 0.0399. The van der Waals surface area contributed by atoms with Gasteiger partial charge in [0.1, 0.15) is 5.69 Å². The van der Waals surface area contributed by atoms with Crippen LogP contribution in [0.15, 0.2) is 18.2 Å². The Hall–Kier alpha value is -0.940. The highest BCUT2D eigenvalue weighted by molar-refractivity contribution is 8.00. The van der Waals surface area contributed by atoms with E-state index in [-0.39, 0.29) is 10.4 Å². The Balaban J connectivity index is 2.15. The number of nitrogens with one attached hydrogen (secondary N) is 1. The maximum atomic E-state index is 11.0. The number of para-hydroxylation sites is 1. The van der Waals surface area contributed by atoms with Gasteiger partial charge in [0.15, 0.2) is 0 Å². The van der Waals surface area contributed by atoms with Gasteiger partial charge in [0.25, 0.3) is 5.69 Å². The van der Waals surface area contributed by atoms with Gasteiger partial charge in [-0.3, -0.25) is 10.1 Å². The second kappa shape index (κ2) is 5.36. The van der Waals surface area contributed by atoms with E-state index >= 15 is 0 Å². The zero-order chi connectivity index (χ0) is 13.2. The second-order valence-electron chi connectivity index (χ2n) is 4.49. The lowest BCUT2D eigenvalue weighted by Gasteiger charge is -2.40. The highest BCUT2D eigenvalue weighted by atomic mass is 35.5. The first-order valence-electron chi connectivity index (χ1n) is 5.80. The van der Waals surface area contributed by atoms with E-state index in [0.29, 0.717) is 10.7 Å². The van der Waals surface area contributed by atoms with Crippen molar-refractivity contribution < 1.29 is 4.92 Å². The fourth-order valence-electron chi connectivity index (χ4n) is 2.11. The molecule has 1 fully saturated rings. The molecule has 4 nitrogen and oxygen atoms in total. The van der Waals surface area contributed by atoms with Crippen molar-refractivity contribution in [1.29, 1.82) is 0 Å². The molecule has 6 heteroatoms. The van der Waals surface area contributed by atoms with Gasteiger partial charge in [-0.05, 0) is 25.2 Å². The molecule has 1 aliphatic rings. The van der Waals surface area contributed by atoms with Gasteiger partial charge in [-0.1, -0.05) is 24.1 Å². The molecule has 0 aliphatic heterocycles. The van der Waals surface area contributed by atoms with Gasteiger partial charge in [-0.15, -0.1) is 0 Å². The van der Waals surface area contributed by atoms with Crippen LogP contribution in [-0.2, 0) is 0 Å². The number of nitrogens with zero attached hydrogens (tertiary/aromatic N) is 1. The van der Waals surface area contributed by atoms with Gasteiger partial charge >= 0.3 is 0 Å². The van der Waals surface area contributed by atoms with Crippen LogP contribution in [0.25, 0.3) is 0 Å². The molecule has 0 unspecified atom stereocenters. The van der Waals surface area contributed by atoms with Crippen molar-refractivity contribution in [2.75, 3.05) is 18.1 Å². The number of anilines is 1. The van der Waals surface area contributed by atoms with Crippen molar-refractivity contribution in [3.8, 4) is 0 Å². The van der Waals surface area contributed by atoms with Crippen LogP contribution >= 0.6 is 23.4 Å². The number of nitro benzene ring substituents is 1. The predicted octanol–water partition coefficient (Wildman–Crippen LogP) is 3.95. The fourth-order valence-corrected chi connectivity index (χ4v) is 3.26. The van der Waals surface area contributed by atoms with E-state index in [2.05, 4.69) is 11.6 Å². The van der Waals surface area contributed by atoms with Crippen LogP contribution in [0.5, 0.6) is 0 Å². The van der Waals surface area contributed by atoms with E-state index < -0.39 is 4.92 Å². The molecule has 98 valence electrons. The van der Waals surface area contributed by atoms with Crippen molar-refractivity contribution >= 4 is 34.7 Å². The standard InChI is InChI=1S/C12H15ClN2O2S/c1-18-12(6-3-7-12)8-14-11-9(13)4-2-5-10(11)15(16)17/h2,4-5,14H,3,6-8H2,1H3. The summed E-state index contributed by atoms with van der Waals surface area (Å²) in [7, 11) is 0. The quantitative estimate of drug-likeness (QED) is 0.658. The zero-order valence-electron chi connectivity index (χ0n) is 10.1. The van der Waals surface area contributed by atoms with Crippen molar-refractivity contribution in [2.45, 2.75) is 24.0 Å². The molecule has 1 saturated carbocycles. The lowest BCUT2D eigenvalue weighted by atomic mass is 9.84. The summed E-state index contributed by atoms with van der Waals surface area (Å²) in [6.45, 7) is 0.721. The van der Waals surface area contributed by atoms with E-state index in [0.717, 1.165) is 19.4 Å². The van der Waals surface area contributed by atoms with E-state index in [1.54, 1.807) is 12.1 Å². The number of hydrogen-bond acceptors (Lipinski definition) is 4. The Bertz CT molecular complexity index is 458. The molecule has 1 aromatic carbocycles. The summed E-state index contributed by atoms with van der Waals surface area (Å²) in [5.41, 5.74) is 0.475. The maximum Gasteiger partial charge on any atom is 0.293 e. The Morgan fingerprint density at radius 2 is 2.28 bits per heavy atom. The van der Waals surface area contributed by atoms with E-state index in [1.807, 2.05) is 11.8 Å². The minimum atomic E-state index is -0.402. The normalized spacial score (nSPS) is 17.0. The molecule has 0 saturated heterocycles. The molecule has 1 aromatic rings. The summed E-state index contributed by atoms with van der Waals surface area (Å²) in [5, 5.41) is 14.5. The van der Waals surface area contributed by atoms with Crippen LogP contribution in [-0.4, -0.2) is 22.5 Å². The number of hydrogen-bond donors (Lipinski definition) is 1. The van der Waals surface area contributed by atoms with E-state index in [1.165, 1.54) is 12.5 Å². The van der Waals surface area contributed by atoms with Gasteiger partial charge in [0.05, 0.1) is 9.95 Å². The number of benzene rings is 1. The molecule has 0 heterocycles. The summed E-state index contributed by atoms with van der Waals surface area (Å²) in [5.74, 6) is 0. The fraction of sp³-hybridized carbons (Fsp3) is 0.500. The molecular weight excluding hydrogens is 272 g/mol. The Labute approximate surface area is 115 Å². The number of halogens is 1. The van der Waals surface area contributed by atoms with Gasteiger partial charge in [0, 0.05) is 17.4 Å². The van der Waals surface area contributed by atoms with Crippen LogP contribution in [0, 0.1) is 10.1 Å². The smallest absolute Gasteiger partial charge is 0.293 e. The molecule has 2 rings (SSSR count). The highest BCUT2D eigenvalue weighted by Crippen LogP contribution is 2.43. The first-order chi connectivity index (χ1) is 8.58. The molecule has 0 radical (unpaired) electrons. The van der Waals surface area contributed by atoms with Gasteiger partial charge in [0.2, 0.25) is 0 Å². The summed E-state index contributed by atoms with van der Waals surface area (Å²) in [4.78, 5) is 10.6. The molecule has 0 atom stereocenters. The van der Waals surface area contributed by atoms with E-state index in [9.17, 15) is 10.1 Å². The summed E-state index contributed by atoms with van der Waals surface area (Å²) < 4.78 is 0.215. The van der Waals surface area contributed by atoms with Crippen molar-refractivity contribution in [3.05, 3.63) is 33.3 Å². The third-order valence-corrected chi connectivity index (χ3v) is 5.21. The van der Waals surface area contributed by atoms with Gasteiger partial charge in [-0.25, -0.2) is 0 Å². The van der Waals surface area contributed by atoms with Crippen LogP contribution in [0.1, 0.15) is 19.3 Å². The predicted molar refractivity (Wildman–Crippen MR) is 76.7 cm³/mol. The second-order valence-corrected chi connectivity index (χ2v) is 6.17. The first-order valence-corrected chi connectivity index (χ1v) is 7.40. The molecule has 1 aliphatic carbocycles. The van der Waals surface area contributed by atoms with Gasteiger partial charge < -0.3 is 5.32 Å². The molecule has 0 amide bonds. The first kappa shape index (κ1) is 13.5. The molecule has 0 bridgehead atoms. The Kier molecular flexibility index (Phi) is 4.02. The third kappa shape index (κ3) is 2.57. The van der Waals surface area contributed by atoms with E-state index in [4.69, 9.17) is 11.6 Å². The molecule has 0 aromatic heterocycles. The molecule has 1 N–H and O–H groups in total. The zero-order valence-corrected chi connectivity index (χ0v) is 11.7. The molecular formula is C12H15ClN2O2S. The van der Waals surface area contributed by atoms with Crippen LogP contribution in [0.3, 0.4) is 0 Å². The summed E-state index contributed by atoms with van der Waals surface area (Å²) >= 11 is 7.86. The highest BCUT2D eigenvalue weighted by Gasteiger charge is 2.36. The van der Waals surface area contributed by atoms with Crippen molar-refractivity contribution in [2.24, 2.45) is 0 Å². The number of nitro groups is 1. The maximum absolute atomic E-state index is 11.0. The minimum Gasteiger partial charge on any atom is -0.377 e. The molecule has 18 heavy (non-hydrogen) atoms. The monoisotopic (exact) mass is 286 g/mol. The Morgan fingerprint density at radius 1 is 1.56 bits per heavy atom. The number of thioether (sulfide) groups is 1. The largest absolute Gasteiger partial charge is 0.377 e. The summed E-state index contributed by atoms with van der Waals surface area (Å²) in [6, 6.07) is 4.74.